The molecule has 5 nitrogen and oxygen atoms in total. The predicted molar refractivity (Wildman–Crippen MR) is 66.5 cm³/mol. The van der Waals surface area contributed by atoms with Gasteiger partial charge in [0.2, 0.25) is 0 Å². The van der Waals surface area contributed by atoms with Gasteiger partial charge in [0.15, 0.2) is 5.76 Å². The molecule has 0 unspecified atom stereocenters. The quantitative estimate of drug-likeness (QED) is 0.718. The molecule has 0 aliphatic carbocycles. The second kappa shape index (κ2) is 5.58. The number of hydrogen-bond donors (Lipinski definition) is 3. The van der Waals surface area contributed by atoms with E-state index in [1.165, 1.54) is 12.5 Å². The lowest BCUT2D eigenvalue weighted by Gasteiger charge is -2.02. The topological polar surface area (TPSA) is 74.5 Å². The number of benzene rings is 1. The third-order valence-corrected chi connectivity index (χ3v) is 2.21. The fourth-order valence-corrected chi connectivity index (χ4v) is 1.34. The molecule has 0 bridgehead atoms. The molecule has 0 aliphatic rings. The van der Waals surface area contributed by atoms with Crippen molar-refractivity contribution in [3.05, 3.63) is 60.2 Å². The van der Waals surface area contributed by atoms with Crippen LogP contribution in [0.3, 0.4) is 0 Å². The molecule has 0 spiro atoms. The van der Waals surface area contributed by atoms with Crippen LogP contribution in [0.25, 0.3) is 6.08 Å². The minimum atomic E-state index is -0.373. The van der Waals surface area contributed by atoms with Gasteiger partial charge in [-0.2, -0.15) is 0 Å². The van der Waals surface area contributed by atoms with Crippen LogP contribution in [0.2, 0.25) is 0 Å². The number of carbonyl (C=O) groups is 1. The molecule has 0 saturated carbocycles. The normalized spacial score (nSPS) is 10.4. The van der Waals surface area contributed by atoms with Gasteiger partial charge in [-0.1, -0.05) is 18.2 Å². The van der Waals surface area contributed by atoms with Crippen molar-refractivity contribution < 1.29 is 14.3 Å². The van der Waals surface area contributed by atoms with Crippen molar-refractivity contribution in [1.29, 1.82) is 0 Å². The van der Waals surface area contributed by atoms with Crippen molar-refractivity contribution in [3.8, 4) is 5.75 Å². The van der Waals surface area contributed by atoms with Gasteiger partial charge in [0.25, 0.3) is 0 Å². The van der Waals surface area contributed by atoms with E-state index in [1.807, 2.05) is 0 Å². The molecular weight excluding hydrogens is 232 g/mol. The molecule has 5 heteroatoms. The number of aromatic hydroxyl groups is 1. The number of rotatable bonds is 4. The van der Waals surface area contributed by atoms with Gasteiger partial charge in [0, 0.05) is 11.8 Å². The fourth-order valence-electron chi connectivity index (χ4n) is 1.34. The van der Waals surface area contributed by atoms with E-state index >= 15 is 0 Å². The number of phenols is 1. The highest BCUT2D eigenvalue weighted by Crippen LogP contribution is 2.16. The summed E-state index contributed by atoms with van der Waals surface area (Å²) in [4.78, 5) is 11.4. The maximum absolute atomic E-state index is 11.4. The summed E-state index contributed by atoms with van der Waals surface area (Å²) in [5, 5.41) is 9.49. The average Bonchev–Trinajstić information content (AvgIpc) is 2.90. The molecule has 18 heavy (non-hydrogen) atoms. The molecule has 0 radical (unpaired) electrons. The lowest BCUT2D eigenvalue weighted by Crippen LogP contribution is -2.33. The highest BCUT2D eigenvalue weighted by Gasteiger charge is 2.05. The highest BCUT2D eigenvalue weighted by molar-refractivity contribution is 5.91. The van der Waals surface area contributed by atoms with Gasteiger partial charge >= 0.3 is 5.91 Å². The lowest BCUT2D eigenvalue weighted by molar-refractivity contribution is 0.0913. The minimum Gasteiger partial charge on any atom is -0.507 e. The van der Waals surface area contributed by atoms with Gasteiger partial charge in [-0.3, -0.25) is 10.2 Å². The first-order valence-electron chi connectivity index (χ1n) is 5.31. The summed E-state index contributed by atoms with van der Waals surface area (Å²) >= 11 is 0. The summed E-state index contributed by atoms with van der Waals surface area (Å²) in [5.74, 6) is 0.0216. The van der Waals surface area contributed by atoms with Crippen molar-refractivity contribution in [3.63, 3.8) is 0 Å². The van der Waals surface area contributed by atoms with E-state index in [4.69, 9.17) is 4.42 Å². The molecule has 92 valence electrons. The standard InChI is InChI=1S/C13H12N2O3/c16-11-5-2-1-4-10(11)7-8-14-15-13(17)12-6-3-9-18-12/h1-9,14,16H,(H,15,17)/b8-7+. The average molecular weight is 244 g/mol. The number of nitrogens with one attached hydrogen (secondary N) is 2. The second-order valence-corrected chi connectivity index (χ2v) is 3.47. The van der Waals surface area contributed by atoms with E-state index in [-0.39, 0.29) is 17.4 Å². The molecule has 0 aliphatic heterocycles. The summed E-state index contributed by atoms with van der Waals surface area (Å²) in [7, 11) is 0. The zero-order valence-electron chi connectivity index (χ0n) is 9.46. The van der Waals surface area contributed by atoms with E-state index in [9.17, 15) is 9.90 Å². The Labute approximate surface area is 104 Å². The van der Waals surface area contributed by atoms with Crippen LogP contribution in [0.4, 0.5) is 0 Å². The molecule has 1 amide bonds. The smallest absolute Gasteiger partial charge is 0.305 e. The Balaban J connectivity index is 1.86. The summed E-state index contributed by atoms with van der Waals surface area (Å²) in [5.41, 5.74) is 5.67. The minimum absolute atomic E-state index is 0.174. The van der Waals surface area contributed by atoms with Crippen LogP contribution in [0.5, 0.6) is 5.75 Å². The zero-order chi connectivity index (χ0) is 12.8. The Morgan fingerprint density at radius 3 is 2.78 bits per heavy atom. The molecule has 1 aromatic carbocycles. The third kappa shape index (κ3) is 2.91. The van der Waals surface area contributed by atoms with Gasteiger partial charge in [0.1, 0.15) is 5.75 Å². The molecule has 0 atom stereocenters. The van der Waals surface area contributed by atoms with Crippen molar-refractivity contribution in [2.45, 2.75) is 0 Å². The molecule has 0 fully saturated rings. The van der Waals surface area contributed by atoms with E-state index < -0.39 is 0 Å². The number of phenolic OH excluding ortho intramolecular Hbond substituents is 1. The maximum Gasteiger partial charge on any atom is 0.305 e. The van der Waals surface area contributed by atoms with E-state index in [0.29, 0.717) is 5.56 Å². The summed E-state index contributed by atoms with van der Waals surface area (Å²) in [6.45, 7) is 0. The van der Waals surface area contributed by atoms with Crippen molar-refractivity contribution in [2.24, 2.45) is 0 Å². The van der Waals surface area contributed by atoms with Crippen LogP contribution in [0, 0.1) is 0 Å². The Kier molecular flexibility index (Phi) is 3.66. The van der Waals surface area contributed by atoms with Crippen LogP contribution in [-0.4, -0.2) is 11.0 Å². The molecule has 2 rings (SSSR count). The van der Waals surface area contributed by atoms with Crippen molar-refractivity contribution in [2.75, 3.05) is 0 Å². The highest BCUT2D eigenvalue weighted by atomic mass is 16.3. The van der Waals surface area contributed by atoms with Gasteiger partial charge in [0.05, 0.1) is 6.26 Å². The van der Waals surface area contributed by atoms with Crippen LogP contribution in [0.1, 0.15) is 16.1 Å². The van der Waals surface area contributed by atoms with Gasteiger partial charge < -0.3 is 14.9 Å². The van der Waals surface area contributed by atoms with E-state index in [1.54, 1.807) is 42.5 Å². The van der Waals surface area contributed by atoms with Crippen molar-refractivity contribution >= 4 is 12.0 Å². The molecular formula is C13H12N2O3. The maximum atomic E-state index is 11.4. The van der Waals surface area contributed by atoms with Crippen LogP contribution < -0.4 is 10.9 Å². The van der Waals surface area contributed by atoms with Crippen LogP contribution in [0.15, 0.2) is 53.3 Å². The van der Waals surface area contributed by atoms with Crippen LogP contribution in [-0.2, 0) is 0 Å². The SMILES string of the molecule is O=C(NN/C=C/c1ccccc1O)c1ccco1. The molecule has 1 aromatic heterocycles. The third-order valence-electron chi connectivity index (χ3n) is 2.21. The van der Waals surface area contributed by atoms with Gasteiger partial charge in [-0.15, -0.1) is 0 Å². The number of hydrazine groups is 1. The first-order chi connectivity index (χ1) is 8.77. The van der Waals surface area contributed by atoms with E-state index in [2.05, 4.69) is 10.9 Å². The number of amides is 1. The van der Waals surface area contributed by atoms with Gasteiger partial charge in [-0.05, 0) is 24.3 Å². The number of carbonyl (C=O) groups excluding carboxylic acids is 1. The number of furan rings is 1. The first kappa shape index (κ1) is 11.8. The lowest BCUT2D eigenvalue weighted by atomic mass is 10.2. The summed E-state index contributed by atoms with van der Waals surface area (Å²) < 4.78 is 4.91. The monoisotopic (exact) mass is 244 g/mol. The Morgan fingerprint density at radius 2 is 2.06 bits per heavy atom. The zero-order valence-corrected chi connectivity index (χ0v) is 9.46. The number of para-hydroxylation sites is 1. The molecule has 3 N–H and O–H groups in total. The van der Waals surface area contributed by atoms with E-state index in [0.717, 1.165) is 0 Å². The Hall–Kier alpha value is -2.69. The molecule has 1 heterocycles. The summed E-state index contributed by atoms with van der Waals surface area (Å²) in [6, 6.07) is 10.1. The largest absolute Gasteiger partial charge is 0.507 e. The summed E-state index contributed by atoms with van der Waals surface area (Å²) in [6.07, 6.45) is 4.57. The number of hydrogen-bond acceptors (Lipinski definition) is 4. The Bertz CT molecular complexity index is 547. The van der Waals surface area contributed by atoms with Crippen molar-refractivity contribution in [1.82, 2.24) is 10.9 Å². The molecule has 2 aromatic rings. The Morgan fingerprint density at radius 1 is 1.22 bits per heavy atom. The molecule has 0 saturated heterocycles. The predicted octanol–water partition coefficient (Wildman–Crippen LogP) is 1.89. The second-order valence-electron chi connectivity index (χ2n) is 3.47. The van der Waals surface area contributed by atoms with Crippen LogP contribution >= 0.6 is 0 Å². The van der Waals surface area contributed by atoms with Gasteiger partial charge in [-0.25, -0.2) is 0 Å². The fraction of sp³-hybridized carbons (Fsp3) is 0. The first-order valence-corrected chi connectivity index (χ1v) is 5.31.